The fourth-order valence-electron chi connectivity index (χ4n) is 5.27. The van der Waals surface area contributed by atoms with Crippen LogP contribution in [-0.2, 0) is 11.3 Å². The highest BCUT2D eigenvalue weighted by molar-refractivity contribution is 8.26. The number of unbranched alkanes of at least 4 members (excludes halogenated alkanes) is 3. The van der Waals surface area contributed by atoms with Gasteiger partial charge in [-0.2, -0.15) is 5.26 Å². The minimum absolute atomic E-state index is 0.0750. The number of hydrogen-bond acceptors (Lipinski definition) is 6. The first-order chi connectivity index (χ1) is 16.7. The number of thiocarbonyl (C=S) groups is 1. The molecule has 2 aliphatic rings. The lowest BCUT2D eigenvalue weighted by molar-refractivity contribution is -0.122. The van der Waals surface area contributed by atoms with Gasteiger partial charge in [-0.05, 0) is 49.7 Å². The van der Waals surface area contributed by atoms with E-state index in [0.29, 0.717) is 39.7 Å². The van der Waals surface area contributed by atoms with E-state index < -0.39 is 0 Å². The van der Waals surface area contributed by atoms with Gasteiger partial charge in [0.1, 0.15) is 21.8 Å². The second kappa shape index (κ2) is 12.2. The molecule has 1 aromatic heterocycles. The van der Waals surface area contributed by atoms with E-state index in [1.54, 1.807) is 9.47 Å². The molecule has 0 aliphatic carbocycles. The summed E-state index contributed by atoms with van der Waals surface area (Å²) in [5.41, 5.74) is 1.34. The maximum absolute atomic E-state index is 13.4. The van der Waals surface area contributed by atoms with Gasteiger partial charge >= 0.3 is 0 Å². The SMILES string of the molecule is CCCCCCN1C(=O)/C(=C\c2c(C)c(C#N)c(=O)n(CCC)c2N2CC(C)CC(C)C2)SC1=S. The van der Waals surface area contributed by atoms with Crippen LogP contribution in [0.5, 0.6) is 0 Å². The van der Waals surface area contributed by atoms with Gasteiger partial charge in [0.2, 0.25) is 0 Å². The summed E-state index contributed by atoms with van der Waals surface area (Å²) in [6.45, 7) is 13.4. The molecule has 0 bridgehead atoms. The number of amides is 1. The molecule has 1 amide bonds. The number of anilines is 1. The highest BCUT2D eigenvalue weighted by Gasteiger charge is 2.33. The Morgan fingerprint density at radius 2 is 1.77 bits per heavy atom. The van der Waals surface area contributed by atoms with Crippen LogP contribution in [0, 0.1) is 30.1 Å². The molecule has 6 nitrogen and oxygen atoms in total. The number of nitriles is 1. The van der Waals surface area contributed by atoms with Crippen molar-refractivity contribution < 1.29 is 4.79 Å². The van der Waals surface area contributed by atoms with E-state index in [0.717, 1.165) is 63.0 Å². The lowest BCUT2D eigenvalue weighted by atomic mass is 9.91. The maximum Gasteiger partial charge on any atom is 0.270 e. The number of pyridine rings is 1. The minimum atomic E-state index is -0.242. The van der Waals surface area contributed by atoms with E-state index in [4.69, 9.17) is 12.2 Å². The van der Waals surface area contributed by atoms with Gasteiger partial charge in [-0.3, -0.25) is 19.1 Å². The standard InChI is InChI=1S/C27H38N4O2S2/c1-6-8-9-10-12-31-26(33)23(35-27(31)34)14-21-20(5)22(15-28)25(32)30(11-7-2)24(21)29-16-18(3)13-19(4)17-29/h14,18-19H,6-13,16-17H2,1-5H3/b23-14+. The van der Waals surface area contributed by atoms with Crippen molar-refractivity contribution in [1.82, 2.24) is 9.47 Å². The molecule has 3 heterocycles. The quantitative estimate of drug-likeness (QED) is 0.239. The number of nitrogens with zero attached hydrogens (tertiary/aromatic N) is 4. The molecule has 0 aromatic carbocycles. The van der Waals surface area contributed by atoms with Gasteiger partial charge in [0.25, 0.3) is 11.5 Å². The molecule has 3 rings (SSSR count). The Morgan fingerprint density at radius 1 is 1.09 bits per heavy atom. The summed E-state index contributed by atoms with van der Waals surface area (Å²) < 4.78 is 2.34. The molecule has 0 radical (unpaired) electrons. The van der Waals surface area contributed by atoms with Gasteiger partial charge in [0.15, 0.2) is 0 Å². The van der Waals surface area contributed by atoms with Crippen LogP contribution >= 0.6 is 24.0 Å². The predicted octanol–water partition coefficient (Wildman–Crippen LogP) is 5.70. The van der Waals surface area contributed by atoms with E-state index in [2.05, 4.69) is 31.7 Å². The van der Waals surface area contributed by atoms with Gasteiger partial charge in [0, 0.05) is 31.7 Å². The molecule has 2 saturated heterocycles. The van der Waals surface area contributed by atoms with Crippen molar-refractivity contribution in [3.63, 3.8) is 0 Å². The summed E-state index contributed by atoms with van der Waals surface area (Å²) in [5.74, 6) is 1.75. The van der Waals surface area contributed by atoms with Crippen LogP contribution in [0.4, 0.5) is 5.82 Å². The molecule has 1 aromatic rings. The van der Waals surface area contributed by atoms with Crippen molar-refractivity contribution in [3.8, 4) is 6.07 Å². The number of thioether (sulfide) groups is 1. The van der Waals surface area contributed by atoms with E-state index in [1.165, 1.54) is 11.8 Å². The molecular weight excluding hydrogens is 476 g/mol. The number of hydrogen-bond donors (Lipinski definition) is 0. The molecular formula is C27H38N4O2S2. The topological polar surface area (TPSA) is 69.3 Å². The minimum Gasteiger partial charge on any atom is -0.357 e. The fraction of sp³-hybridized carbons (Fsp3) is 0.630. The Kier molecular flexibility index (Phi) is 9.60. The van der Waals surface area contributed by atoms with Crippen LogP contribution in [0.3, 0.4) is 0 Å². The van der Waals surface area contributed by atoms with Crippen LogP contribution in [0.2, 0.25) is 0 Å². The van der Waals surface area contributed by atoms with Crippen molar-refractivity contribution in [2.45, 2.75) is 79.7 Å². The number of carbonyl (C=O) groups is 1. The van der Waals surface area contributed by atoms with Crippen molar-refractivity contribution in [1.29, 1.82) is 5.26 Å². The van der Waals surface area contributed by atoms with Crippen LogP contribution < -0.4 is 10.5 Å². The van der Waals surface area contributed by atoms with Gasteiger partial charge in [0.05, 0.1) is 4.91 Å². The molecule has 35 heavy (non-hydrogen) atoms. The number of piperidine rings is 1. The zero-order valence-corrected chi connectivity index (χ0v) is 23.4. The second-order valence-corrected chi connectivity index (χ2v) is 11.7. The van der Waals surface area contributed by atoms with Gasteiger partial charge in [-0.15, -0.1) is 0 Å². The second-order valence-electron chi connectivity index (χ2n) is 10.1. The Morgan fingerprint density at radius 3 is 2.37 bits per heavy atom. The number of rotatable bonds is 9. The lowest BCUT2D eigenvalue weighted by Crippen LogP contribution is -2.43. The third-order valence-electron chi connectivity index (χ3n) is 6.85. The Labute approximate surface area is 219 Å². The maximum atomic E-state index is 13.4. The van der Waals surface area contributed by atoms with E-state index in [9.17, 15) is 14.9 Å². The smallest absolute Gasteiger partial charge is 0.270 e. The van der Waals surface area contributed by atoms with E-state index in [1.807, 2.05) is 19.9 Å². The van der Waals surface area contributed by atoms with Gasteiger partial charge < -0.3 is 4.90 Å². The summed E-state index contributed by atoms with van der Waals surface area (Å²) >= 11 is 6.88. The van der Waals surface area contributed by atoms with Crippen LogP contribution in [0.1, 0.15) is 82.9 Å². The highest BCUT2D eigenvalue weighted by atomic mass is 32.2. The zero-order valence-electron chi connectivity index (χ0n) is 21.7. The third kappa shape index (κ3) is 6.00. The van der Waals surface area contributed by atoms with Crippen LogP contribution in [0.15, 0.2) is 9.70 Å². The third-order valence-corrected chi connectivity index (χ3v) is 8.22. The van der Waals surface area contributed by atoms with Crippen LogP contribution in [-0.4, -0.2) is 39.3 Å². The first-order valence-corrected chi connectivity index (χ1v) is 14.1. The Hall–Kier alpha value is -2.11. The normalized spacial score (nSPS) is 21.8. The first kappa shape index (κ1) is 27.5. The average Bonchev–Trinajstić information content (AvgIpc) is 3.06. The molecule has 2 unspecified atom stereocenters. The molecule has 190 valence electrons. The van der Waals surface area contributed by atoms with Gasteiger partial charge in [-0.1, -0.05) is 70.9 Å². The van der Waals surface area contributed by atoms with Gasteiger partial charge in [-0.25, -0.2) is 0 Å². The van der Waals surface area contributed by atoms with Crippen molar-refractivity contribution in [3.05, 3.63) is 31.9 Å². The van der Waals surface area contributed by atoms with Crippen molar-refractivity contribution in [2.24, 2.45) is 11.8 Å². The molecule has 2 atom stereocenters. The van der Waals surface area contributed by atoms with Crippen molar-refractivity contribution in [2.75, 3.05) is 24.5 Å². The average molecular weight is 515 g/mol. The van der Waals surface area contributed by atoms with Crippen LogP contribution in [0.25, 0.3) is 6.08 Å². The summed E-state index contributed by atoms with van der Waals surface area (Å²) in [6, 6.07) is 2.13. The summed E-state index contributed by atoms with van der Waals surface area (Å²) in [6.07, 6.45) is 8.11. The largest absolute Gasteiger partial charge is 0.357 e. The summed E-state index contributed by atoms with van der Waals surface area (Å²) in [7, 11) is 0. The molecule has 8 heteroatoms. The Balaban J connectivity index is 2.12. The molecule has 2 aliphatic heterocycles. The predicted molar refractivity (Wildman–Crippen MR) is 150 cm³/mol. The van der Waals surface area contributed by atoms with E-state index in [-0.39, 0.29) is 17.0 Å². The van der Waals surface area contributed by atoms with Crippen molar-refractivity contribution >= 4 is 46.1 Å². The fourth-order valence-corrected chi connectivity index (χ4v) is 6.56. The number of carbonyl (C=O) groups excluding carboxylic acids is 1. The summed E-state index contributed by atoms with van der Waals surface area (Å²) in [5, 5.41) is 9.84. The number of aromatic nitrogens is 1. The molecule has 0 saturated carbocycles. The lowest BCUT2D eigenvalue weighted by Gasteiger charge is -2.39. The summed E-state index contributed by atoms with van der Waals surface area (Å²) in [4.78, 5) is 31.2. The Bertz CT molecular complexity index is 1090. The molecule has 0 spiro atoms. The van der Waals surface area contributed by atoms with E-state index >= 15 is 0 Å². The molecule has 0 N–H and O–H groups in total. The zero-order chi connectivity index (χ0) is 25.7. The monoisotopic (exact) mass is 514 g/mol. The highest BCUT2D eigenvalue weighted by Crippen LogP contribution is 2.37. The first-order valence-electron chi connectivity index (χ1n) is 12.9. The molecule has 2 fully saturated rings.